The van der Waals surface area contributed by atoms with Crippen LogP contribution in [0.4, 0.5) is 4.79 Å². The standard InChI is InChI=1S/C12H24N2O2/c1-9(2)14-7-6-10(8-14)13-11(15)16-12(3,4)5/h9-10H,6-8H2,1-5H3,(H,13,15). The minimum atomic E-state index is -0.416. The second kappa shape index (κ2) is 5.04. The van der Waals surface area contributed by atoms with Crippen molar-refractivity contribution >= 4 is 6.09 Å². The molecule has 1 amide bonds. The van der Waals surface area contributed by atoms with Crippen molar-refractivity contribution in [3.05, 3.63) is 0 Å². The number of rotatable bonds is 2. The molecule has 0 radical (unpaired) electrons. The molecule has 1 fully saturated rings. The number of nitrogens with zero attached hydrogens (tertiary/aromatic N) is 1. The van der Waals surface area contributed by atoms with Gasteiger partial charge in [-0.1, -0.05) is 0 Å². The summed E-state index contributed by atoms with van der Waals surface area (Å²) in [7, 11) is 0. The lowest BCUT2D eigenvalue weighted by Gasteiger charge is -2.23. The largest absolute Gasteiger partial charge is 0.444 e. The zero-order valence-corrected chi connectivity index (χ0v) is 11.0. The lowest BCUT2D eigenvalue weighted by molar-refractivity contribution is 0.0505. The average Bonchev–Trinajstić information content (AvgIpc) is 2.48. The van der Waals surface area contributed by atoms with Gasteiger partial charge in [-0.25, -0.2) is 4.79 Å². The highest BCUT2D eigenvalue weighted by Crippen LogP contribution is 2.13. The quantitative estimate of drug-likeness (QED) is 0.786. The first-order valence-corrected chi connectivity index (χ1v) is 6.01. The van der Waals surface area contributed by atoms with E-state index in [0.29, 0.717) is 6.04 Å². The number of likely N-dealkylation sites (tertiary alicyclic amines) is 1. The normalized spacial score (nSPS) is 22.5. The third-order valence-electron chi connectivity index (χ3n) is 2.67. The van der Waals surface area contributed by atoms with E-state index in [1.807, 2.05) is 20.8 Å². The molecule has 0 aliphatic carbocycles. The molecule has 1 aliphatic rings. The SMILES string of the molecule is CC(C)N1CCC(NC(=O)OC(C)(C)C)C1. The van der Waals surface area contributed by atoms with Gasteiger partial charge in [0.1, 0.15) is 5.60 Å². The van der Waals surface area contributed by atoms with Gasteiger partial charge in [0, 0.05) is 25.2 Å². The van der Waals surface area contributed by atoms with Crippen LogP contribution in [0.5, 0.6) is 0 Å². The van der Waals surface area contributed by atoms with Crippen LogP contribution in [0.3, 0.4) is 0 Å². The Kier molecular flexibility index (Phi) is 4.19. The van der Waals surface area contributed by atoms with E-state index >= 15 is 0 Å². The summed E-state index contributed by atoms with van der Waals surface area (Å²) in [6.07, 6.45) is 0.709. The molecule has 0 aromatic rings. The van der Waals surface area contributed by atoms with E-state index in [-0.39, 0.29) is 12.1 Å². The Hall–Kier alpha value is -0.770. The van der Waals surface area contributed by atoms with Crippen molar-refractivity contribution in [3.8, 4) is 0 Å². The highest BCUT2D eigenvalue weighted by Gasteiger charge is 2.26. The Morgan fingerprint density at radius 2 is 2.06 bits per heavy atom. The third-order valence-corrected chi connectivity index (χ3v) is 2.67. The van der Waals surface area contributed by atoms with Crippen LogP contribution < -0.4 is 5.32 Å². The van der Waals surface area contributed by atoms with Crippen molar-refractivity contribution in [1.82, 2.24) is 10.2 Å². The van der Waals surface area contributed by atoms with Crippen LogP contribution in [0.25, 0.3) is 0 Å². The van der Waals surface area contributed by atoms with Crippen LogP contribution in [0.1, 0.15) is 41.0 Å². The lowest BCUT2D eigenvalue weighted by Crippen LogP contribution is -2.41. The van der Waals surface area contributed by atoms with Gasteiger partial charge in [-0.2, -0.15) is 0 Å². The molecule has 0 spiro atoms. The van der Waals surface area contributed by atoms with Gasteiger partial charge in [-0.3, -0.25) is 4.90 Å². The number of amides is 1. The minimum Gasteiger partial charge on any atom is -0.444 e. The number of nitrogens with one attached hydrogen (secondary N) is 1. The summed E-state index contributed by atoms with van der Waals surface area (Å²) in [5, 5.41) is 2.92. The first-order valence-electron chi connectivity index (χ1n) is 6.01. The van der Waals surface area contributed by atoms with Gasteiger partial charge in [0.05, 0.1) is 0 Å². The van der Waals surface area contributed by atoms with E-state index in [0.717, 1.165) is 19.5 Å². The van der Waals surface area contributed by atoms with Gasteiger partial charge in [-0.05, 0) is 41.0 Å². The summed E-state index contributed by atoms with van der Waals surface area (Å²) in [4.78, 5) is 13.9. The molecule has 0 saturated carbocycles. The van der Waals surface area contributed by atoms with Crippen LogP contribution in [0.15, 0.2) is 0 Å². The molecular formula is C12H24N2O2. The molecular weight excluding hydrogens is 204 g/mol. The van der Waals surface area contributed by atoms with Crippen molar-refractivity contribution < 1.29 is 9.53 Å². The van der Waals surface area contributed by atoms with Gasteiger partial charge in [-0.15, -0.1) is 0 Å². The fraction of sp³-hybridized carbons (Fsp3) is 0.917. The third kappa shape index (κ3) is 4.39. The zero-order valence-electron chi connectivity index (χ0n) is 11.0. The predicted octanol–water partition coefficient (Wildman–Crippen LogP) is 1.99. The molecule has 1 rings (SSSR count). The average molecular weight is 228 g/mol. The van der Waals surface area contributed by atoms with Crippen molar-refractivity contribution in [2.75, 3.05) is 13.1 Å². The predicted molar refractivity (Wildman–Crippen MR) is 64.5 cm³/mol. The molecule has 1 atom stereocenters. The van der Waals surface area contributed by atoms with E-state index in [1.165, 1.54) is 0 Å². The monoisotopic (exact) mass is 228 g/mol. The van der Waals surface area contributed by atoms with Gasteiger partial charge < -0.3 is 10.1 Å². The van der Waals surface area contributed by atoms with E-state index < -0.39 is 5.60 Å². The summed E-state index contributed by atoms with van der Waals surface area (Å²) in [5.74, 6) is 0. The molecule has 0 aromatic carbocycles. The maximum Gasteiger partial charge on any atom is 0.407 e. The van der Waals surface area contributed by atoms with Crippen LogP contribution in [-0.4, -0.2) is 41.8 Å². The topological polar surface area (TPSA) is 41.6 Å². The minimum absolute atomic E-state index is 0.234. The van der Waals surface area contributed by atoms with Gasteiger partial charge in [0.25, 0.3) is 0 Å². The molecule has 1 saturated heterocycles. The van der Waals surface area contributed by atoms with Gasteiger partial charge in [0.15, 0.2) is 0 Å². The lowest BCUT2D eigenvalue weighted by atomic mass is 10.2. The second-order valence-electron chi connectivity index (χ2n) is 5.72. The molecule has 1 heterocycles. The summed E-state index contributed by atoms with van der Waals surface area (Å²) >= 11 is 0. The first kappa shape index (κ1) is 13.3. The van der Waals surface area contributed by atoms with E-state index in [4.69, 9.17) is 4.74 Å². The summed E-state index contributed by atoms with van der Waals surface area (Å²) in [6.45, 7) is 12.0. The smallest absolute Gasteiger partial charge is 0.407 e. The highest BCUT2D eigenvalue weighted by atomic mass is 16.6. The molecule has 94 valence electrons. The van der Waals surface area contributed by atoms with E-state index in [9.17, 15) is 4.79 Å². The Morgan fingerprint density at radius 1 is 1.44 bits per heavy atom. The number of carbonyl (C=O) groups is 1. The second-order valence-corrected chi connectivity index (χ2v) is 5.72. The molecule has 1 aliphatic heterocycles. The fourth-order valence-electron chi connectivity index (χ4n) is 1.85. The molecule has 0 bridgehead atoms. The van der Waals surface area contributed by atoms with Crippen LogP contribution >= 0.6 is 0 Å². The Morgan fingerprint density at radius 3 is 2.50 bits per heavy atom. The number of hydrogen-bond donors (Lipinski definition) is 1. The van der Waals surface area contributed by atoms with Crippen molar-refractivity contribution in [1.29, 1.82) is 0 Å². The van der Waals surface area contributed by atoms with Crippen LogP contribution in [0.2, 0.25) is 0 Å². The Labute approximate surface area is 98.3 Å². The van der Waals surface area contributed by atoms with Crippen molar-refractivity contribution in [3.63, 3.8) is 0 Å². The fourth-order valence-corrected chi connectivity index (χ4v) is 1.85. The van der Waals surface area contributed by atoms with E-state index in [1.54, 1.807) is 0 Å². The molecule has 1 N–H and O–H groups in total. The molecule has 4 nitrogen and oxygen atoms in total. The van der Waals surface area contributed by atoms with Gasteiger partial charge in [0.2, 0.25) is 0 Å². The van der Waals surface area contributed by atoms with Crippen LogP contribution in [0, 0.1) is 0 Å². The number of carbonyl (C=O) groups excluding carboxylic acids is 1. The Balaban J connectivity index is 2.32. The van der Waals surface area contributed by atoms with E-state index in [2.05, 4.69) is 24.1 Å². The summed E-state index contributed by atoms with van der Waals surface area (Å²) < 4.78 is 5.23. The van der Waals surface area contributed by atoms with Gasteiger partial charge >= 0.3 is 6.09 Å². The number of alkyl carbamates (subject to hydrolysis) is 1. The van der Waals surface area contributed by atoms with Crippen LogP contribution in [-0.2, 0) is 4.74 Å². The summed E-state index contributed by atoms with van der Waals surface area (Å²) in [5.41, 5.74) is -0.416. The Bertz CT molecular complexity index is 246. The summed E-state index contributed by atoms with van der Waals surface area (Å²) in [6, 6.07) is 0.780. The maximum atomic E-state index is 11.5. The first-order chi connectivity index (χ1) is 7.28. The molecule has 1 unspecified atom stereocenters. The van der Waals surface area contributed by atoms with Crippen molar-refractivity contribution in [2.45, 2.75) is 58.7 Å². The maximum absolute atomic E-state index is 11.5. The zero-order chi connectivity index (χ0) is 12.3. The van der Waals surface area contributed by atoms with Crippen molar-refractivity contribution in [2.24, 2.45) is 0 Å². The molecule has 16 heavy (non-hydrogen) atoms. The molecule has 0 aromatic heterocycles. The molecule has 4 heteroatoms. The number of ether oxygens (including phenoxy) is 1. The number of hydrogen-bond acceptors (Lipinski definition) is 3. The highest BCUT2D eigenvalue weighted by molar-refractivity contribution is 5.68.